The normalized spacial score (nSPS) is 24.8. The first-order chi connectivity index (χ1) is 11.9. The lowest BCUT2D eigenvalue weighted by molar-refractivity contribution is -0.120. The van der Waals surface area contributed by atoms with Crippen molar-refractivity contribution >= 4 is 52.0 Å². The number of benzene rings is 1. The molecule has 1 amide bonds. The van der Waals surface area contributed by atoms with Crippen molar-refractivity contribution in [2.75, 3.05) is 12.0 Å². The Balaban J connectivity index is 1.74. The molecule has 0 aliphatic carbocycles. The van der Waals surface area contributed by atoms with Crippen molar-refractivity contribution < 1.29 is 9.53 Å². The summed E-state index contributed by atoms with van der Waals surface area (Å²) in [5, 5.41) is 2.73. The molecule has 2 fully saturated rings. The summed E-state index contributed by atoms with van der Waals surface area (Å²) in [5.74, 6) is 0.806. The Bertz CT molecular complexity index is 817. The monoisotopic (exact) mass is 390 g/mol. The lowest BCUT2D eigenvalue weighted by atomic mass is 10.0. The number of nitrogens with zero attached hydrogens (tertiary/aromatic N) is 2. The number of rotatable bonds is 3. The lowest BCUT2D eigenvalue weighted by Gasteiger charge is -2.24. The van der Waals surface area contributed by atoms with Gasteiger partial charge in [-0.1, -0.05) is 6.07 Å². The molecule has 2 aliphatic heterocycles. The smallest absolute Gasteiger partial charge is 0.257 e. The molecule has 0 saturated carbocycles. The fraction of sp³-hybridized carbons (Fsp3) is 0.333. The van der Waals surface area contributed by atoms with Crippen molar-refractivity contribution in [3.8, 4) is 5.75 Å². The second-order valence-corrected chi connectivity index (χ2v) is 9.63. The Hall–Kier alpha value is -1.57. The third-order valence-electron chi connectivity index (χ3n) is 4.59. The largest absolute Gasteiger partial charge is 0.497 e. The third-order valence-corrected chi connectivity index (χ3v) is 7.59. The van der Waals surface area contributed by atoms with Crippen molar-refractivity contribution in [3.05, 3.63) is 46.7 Å². The second kappa shape index (κ2) is 6.00. The molecule has 1 aromatic heterocycles. The van der Waals surface area contributed by atoms with Crippen LogP contribution in [0.1, 0.15) is 24.1 Å². The molecular weight excluding hydrogens is 372 g/mol. The van der Waals surface area contributed by atoms with Crippen LogP contribution < -0.4 is 9.64 Å². The minimum absolute atomic E-state index is 0.0479. The van der Waals surface area contributed by atoms with Crippen LogP contribution in [-0.2, 0) is 4.79 Å². The van der Waals surface area contributed by atoms with Crippen LogP contribution in [-0.4, -0.2) is 33.8 Å². The molecule has 3 heterocycles. The van der Waals surface area contributed by atoms with E-state index in [9.17, 15) is 4.79 Å². The molecule has 0 bridgehead atoms. The summed E-state index contributed by atoms with van der Waals surface area (Å²) in [5.41, 5.74) is 0.788. The van der Waals surface area contributed by atoms with E-state index in [4.69, 9.17) is 17.0 Å². The van der Waals surface area contributed by atoms with Crippen LogP contribution in [0.3, 0.4) is 0 Å². The summed E-state index contributed by atoms with van der Waals surface area (Å²) in [7, 11) is 1.63. The van der Waals surface area contributed by atoms with Crippen molar-refractivity contribution in [3.63, 3.8) is 0 Å². The number of carbonyl (C=O) groups excluding carboxylic acids is 1. The van der Waals surface area contributed by atoms with Gasteiger partial charge in [0.15, 0.2) is 5.11 Å². The SMILES string of the molecule is COc1ccc(N2C(=O)C3N(C2=S)[C@@H](c2cccs2)SC3(C)C)cc1. The highest BCUT2D eigenvalue weighted by atomic mass is 32.2. The maximum absolute atomic E-state index is 13.2. The van der Waals surface area contributed by atoms with Crippen molar-refractivity contribution in [1.82, 2.24) is 4.90 Å². The van der Waals surface area contributed by atoms with Crippen molar-refractivity contribution in [2.24, 2.45) is 0 Å². The first kappa shape index (κ1) is 16.9. The number of anilines is 1. The molecule has 4 nitrogen and oxygen atoms in total. The van der Waals surface area contributed by atoms with Gasteiger partial charge >= 0.3 is 0 Å². The summed E-state index contributed by atoms with van der Waals surface area (Å²) >= 11 is 9.26. The molecule has 4 rings (SSSR count). The summed E-state index contributed by atoms with van der Waals surface area (Å²) in [6.07, 6.45) is 0. The maximum atomic E-state index is 13.2. The lowest BCUT2D eigenvalue weighted by Crippen LogP contribution is -2.41. The molecule has 0 radical (unpaired) electrons. The minimum Gasteiger partial charge on any atom is -0.497 e. The number of thioether (sulfide) groups is 1. The van der Waals surface area contributed by atoms with Crippen LogP contribution in [0.4, 0.5) is 5.69 Å². The van der Waals surface area contributed by atoms with Gasteiger partial charge in [0, 0.05) is 9.62 Å². The minimum atomic E-state index is -0.251. The number of methoxy groups -OCH3 is 1. The molecule has 25 heavy (non-hydrogen) atoms. The fourth-order valence-corrected chi connectivity index (χ4v) is 6.37. The van der Waals surface area contributed by atoms with Gasteiger partial charge in [0.2, 0.25) is 0 Å². The molecule has 0 spiro atoms. The molecular formula is C18H18N2O2S3. The number of amides is 1. The van der Waals surface area contributed by atoms with E-state index in [1.54, 1.807) is 23.3 Å². The number of fused-ring (bicyclic) bond motifs is 1. The standard InChI is InChI=1S/C18H18N2O2S3/c1-18(2)14-15(21)19(11-6-8-12(22-3)9-7-11)17(23)20(14)16(25-18)13-5-4-10-24-13/h4-10,14,16H,1-3H3/t14?,16-/m1/s1. The Morgan fingerprint density at radius 1 is 1.20 bits per heavy atom. The summed E-state index contributed by atoms with van der Waals surface area (Å²) < 4.78 is 5.00. The number of ether oxygens (including phenoxy) is 1. The van der Waals surface area contributed by atoms with E-state index < -0.39 is 0 Å². The van der Waals surface area contributed by atoms with E-state index in [-0.39, 0.29) is 22.1 Å². The van der Waals surface area contributed by atoms with Gasteiger partial charge in [-0.05, 0) is 61.8 Å². The Labute approximate surface area is 160 Å². The Morgan fingerprint density at radius 2 is 1.92 bits per heavy atom. The molecule has 2 aromatic rings. The average molecular weight is 391 g/mol. The van der Waals surface area contributed by atoms with Gasteiger partial charge in [-0.3, -0.25) is 9.69 Å². The molecule has 1 aromatic carbocycles. The number of thiophene rings is 1. The van der Waals surface area contributed by atoms with Crippen molar-refractivity contribution in [1.29, 1.82) is 0 Å². The molecule has 2 aliphatic rings. The molecule has 1 unspecified atom stereocenters. The topological polar surface area (TPSA) is 32.8 Å². The van der Waals surface area contributed by atoms with E-state index in [0.29, 0.717) is 5.11 Å². The predicted molar refractivity (Wildman–Crippen MR) is 107 cm³/mol. The Kier molecular flexibility index (Phi) is 4.05. The maximum Gasteiger partial charge on any atom is 0.257 e. The highest BCUT2D eigenvalue weighted by molar-refractivity contribution is 8.01. The number of hydrogen-bond acceptors (Lipinski definition) is 5. The van der Waals surface area contributed by atoms with E-state index in [0.717, 1.165) is 11.4 Å². The van der Waals surface area contributed by atoms with Gasteiger partial charge in [0.25, 0.3) is 5.91 Å². The fourth-order valence-electron chi connectivity index (χ4n) is 3.43. The molecule has 130 valence electrons. The number of carbonyl (C=O) groups is 1. The van der Waals surface area contributed by atoms with Crippen LogP contribution in [0, 0.1) is 0 Å². The van der Waals surface area contributed by atoms with Gasteiger partial charge in [0.1, 0.15) is 17.2 Å². The zero-order valence-corrected chi connectivity index (χ0v) is 16.6. The summed E-state index contributed by atoms with van der Waals surface area (Å²) in [4.78, 5) is 18.2. The first-order valence-electron chi connectivity index (χ1n) is 7.95. The van der Waals surface area contributed by atoms with Gasteiger partial charge in [-0.15, -0.1) is 23.1 Å². The summed E-state index contributed by atoms with van der Waals surface area (Å²) in [6.45, 7) is 4.25. The quantitative estimate of drug-likeness (QED) is 0.731. The summed E-state index contributed by atoms with van der Waals surface area (Å²) in [6, 6.07) is 11.4. The number of thiocarbonyl (C=S) groups is 1. The highest BCUT2D eigenvalue weighted by Crippen LogP contribution is 2.56. The van der Waals surface area contributed by atoms with Gasteiger partial charge in [0.05, 0.1) is 12.8 Å². The van der Waals surface area contributed by atoms with Crippen LogP contribution >= 0.6 is 35.3 Å². The zero-order valence-electron chi connectivity index (χ0n) is 14.1. The Morgan fingerprint density at radius 3 is 2.52 bits per heavy atom. The van der Waals surface area contributed by atoms with E-state index >= 15 is 0 Å². The zero-order chi connectivity index (χ0) is 17.8. The van der Waals surface area contributed by atoms with Gasteiger partial charge in [-0.2, -0.15) is 0 Å². The third kappa shape index (κ3) is 2.56. The van der Waals surface area contributed by atoms with Crippen LogP contribution in [0.15, 0.2) is 41.8 Å². The van der Waals surface area contributed by atoms with Crippen LogP contribution in [0.2, 0.25) is 0 Å². The second-order valence-electron chi connectivity index (χ2n) is 6.55. The highest BCUT2D eigenvalue weighted by Gasteiger charge is 2.59. The van der Waals surface area contributed by atoms with Crippen LogP contribution in [0.25, 0.3) is 0 Å². The average Bonchev–Trinajstić information content (AvgIpc) is 3.26. The van der Waals surface area contributed by atoms with Crippen LogP contribution in [0.5, 0.6) is 5.75 Å². The predicted octanol–water partition coefficient (Wildman–Crippen LogP) is 4.28. The van der Waals surface area contributed by atoms with E-state index in [2.05, 4.69) is 30.2 Å². The first-order valence-corrected chi connectivity index (χ1v) is 10.1. The molecule has 2 saturated heterocycles. The van der Waals surface area contributed by atoms with E-state index in [1.807, 2.05) is 42.1 Å². The van der Waals surface area contributed by atoms with Crippen molar-refractivity contribution in [2.45, 2.75) is 30.0 Å². The molecule has 0 N–H and O–H groups in total. The molecule has 2 atom stereocenters. The molecule has 7 heteroatoms. The van der Waals surface area contributed by atoms with E-state index in [1.165, 1.54) is 4.88 Å². The van der Waals surface area contributed by atoms with Gasteiger partial charge < -0.3 is 9.64 Å². The van der Waals surface area contributed by atoms with Gasteiger partial charge in [-0.25, -0.2) is 0 Å². The number of hydrogen-bond donors (Lipinski definition) is 0.